The number of nitrogens with zero attached hydrogens (tertiary/aromatic N) is 3. The Morgan fingerprint density at radius 3 is 2.49 bits per heavy atom. The highest BCUT2D eigenvalue weighted by Crippen LogP contribution is 2.41. The zero-order chi connectivity index (χ0) is 25.1. The van der Waals surface area contributed by atoms with Crippen LogP contribution in [0.2, 0.25) is 0 Å². The Kier molecular flexibility index (Phi) is 8.79. The normalized spacial score (nSPS) is 22.2. The van der Waals surface area contributed by atoms with Gasteiger partial charge < -0.3 is 19.9 Å². The highest BCUT2D eigenvalue weighted by molar-refractivity contribution is 5.95. The maximum atomic E-state index is 14.7. The van der Waals surface area contributed by atoms with Gasteiger partial charge in [0.25, 0.3) is 0 Å². The van der Waals surface area contributed by atoms with Crippen molar-refractivity contribution in [2.45, 2.75) is 37.6 Å². The molecule has 3 rings (SSSR count). The van der Waals surface area contributed by atoms with E-state index in [2.05, 4.69) is 15.0 Å². The molecule has 0 unspecified atom stereocenters. The van der Waals surface area contributed by atoms with Crippen molar-refractivity contribution in [3.63, 3.8) is 0 Å². The van der Waals surface area contributed by atoms with Gasteiger partial charge in [-0.05, 0) is 31.5 Å². The van der Waals surface area contributed by atoms with Crippen LogP contribution in [0.1, 0.15) is 35.5 Å². The molecular formula is C22H25ClF4N4O4. The fourth-order valence-electron chi connectivity index (χ4n) is 3.26. The lowest BCUT2D eigenvalue weighted by molar-refractivity contribution is -0.249. The van der Waals surface area contributed by atoms with E-state index in [1.54, 1.807) is 0 Å². The van der Waals surface area contributed by atoms with Crippen molar-refractivity contribution in [1.29, 1.82) is 0 Å². The van der Waals surface area contributed by atoms with Crippen LogP contribution in [-0.2, 0) is 21.4 Å². The van der Waals surface area contributed by atoms with Crippen LogP contribution in [0, 0.1) is 5.82 Å². The number of rotatable bonds is 8. The maximum absolute atomic E-state index is 14.7. The van der Waals surface area contributed by atoms with Gasteiger partial charge in [0.15, 0.2) is 5.78 Å². The lowest BCUT2D eigenvalue weighted by Crippen LogP contribution is -2.60. The third-order valence-electron chi connectivity index (χ3n) is 5.47. The third kappa shape index (κ3) is 6.06. The first-order valence-electron chi connectivity index (χ1n) is 10.2. The van der Waals surface area contributed by atoms with Crippen LogP contribution in [0.3, 0.4) is 0 Å². The Morgan fingerprint density at radius 2 is 1.91 bits per heavy atom. The van der Waals surface area contributed by atoms with Crippen molar-refractivity contribution >= 4 is 24.0 Å². The molecule has 192 valence electrons. The van der Waals surface area contributed by atoms with E-state index in [1.807, 2.05) is 0 Å². The van der Waals surface area contributed by atoms with E-state index in [1.165, 1.54) is 38.6 Å². The minimum Gasteiger partial charge on any atom is -0.474 e. The Labute approximate surface area is 205 Å². The number of ether oxygens (including phenoxy) is 3. The zero-order valence-corrected chi connectivity index (χ0v) is 20.0. The molecule has 1 aliphatic heterocycles. The molecule has 1 aromatic heterocycles. The van der Waals surface area contributed by atoms with E-state index in [-0.39, 0.29) is 42.6 Å². The molecule has 0 radical (unpaired) electrons. The molecule has 0 spiro atoms. The van der Waals surface area contributed by atoms with Gasteiger partial charge in [-0.3, -0.25) is 9.79 Å². The van der Waals surface area contributed by atoms with Crippen LogP contribution >= 0.6 is 12.4 Å². The van der Waals surface area contributed by atoms with E-state index in [4.69, 9.17) is 19.9 Å². The molecule has 0 bridgehead atoms. The smallest absolute Gasteiger partial charge is 0.424 e. The topological polar surface area (TPSA) is 109 Å². The third-order valence-corrected chi connectivity index (χ3v) is 5.47. The molecule has 13 heteroatoms. The fourth-order valence-corrected chi connectivity index (χ4v) is 3.26. The number of methoxy groups -OCH3 is 1. The highest BCUT2D eigenvalue weighted by Gasteiger charge is 2.59. The summed E-state index contributed by atoms with van der Waals surface area (Å²) in [4.78, 5) is 24.6. The molecule has 2 N–H and O–H groups in total. The summed E-state index contributed by atoms with van der Waals surface area (Å²) in [6.45, 7) is 2.26. The van der Waals surface area contributed by atoms with Crippen LogP contribution in [0.15, 0.2) is 35.6 Å². The molecule has 1 aliphatic rings. The largest absolute Gasteiger partial charge is 0.474 e. The van der Waals surface area contributed by atoms with E-state index < -0.39 is 41.4 Å². The summed E-state index contributed by atoms with van der Waals surface area (Å²) in [5.74, 6) is -1.69. The number of halogens is 5. The Hall–Kier alpha value is -2.83. The summed E-state index contributed by atoms with van der Waals surface area (Å²) < 4.78 is 70.0. The predicted molar refractivity (Wildman–Crippen MR) is 120 cm³/mol. The lowest BCUT2D eigenvalue weighted by Gasteiger charge is -2.41. The molecule has 0 saturated heterocycles. The van der Waals surface area contributed by atoms with Crippen molar-refractivity contribution in [1.82, 2.24) is 9.97 Å². The van der Waals surface area contributed by atoms with Crippen molar-refractivity contribution in [3.8, 4) is 5.88 Å². The summed E-state index contributed by atoms with van der Waals surface area (Å²) in [6.07, 6.45) is -2.38. The molecule has 2 heterocycles. The van der Waals surface area contributed by atoms with E-state index >= 15 is 0 Å². The molecule has 2 aromatic rings. The quantitative estimate of drug-likeness (QED) is 0.323. The number of benzene rings is 1. The van der Waals surface area contributed by atoms with Crippen molar-refractivity contribution < 1.29 is 36.6 Å². The molecule has 8 nitrogen and oxygen atoms in total. The molecule has 0 aliphatic carbocycles. The van der Waals surface area contributed by atoms with Crippen LogP contribution in [0.5, 0.6) is 5.88 Å². The van der Waals surface area contributed by atoms with Gasteiger partial charge in [-0.15, -0.1) is 12.4 Å². The summed E-state index contributed by atoms with van der Waals surface area (Å²) in [5.41, 5.74) is 1.75. The highest BCUT2D eigenvalue weighted by atomic mass is 35.5. The Morgan fingerprint density at radius 1 is 1.20 bits per heavy atom. The number of carbonyl (C=O) groups excluding carboxylic acids is 1. The van der Waals surface area contributed by atoms with Gasteiger partial charge in [0.1, 0.15) is 29.5 Å². The number of hydrogen-bond acceptors (Lipinski definition) is 8. The van der Waals surface area contributed by atoms with Crippen LogP contribution < -0.4 is 10.5 Å². The van der Waals surface area contributed by atoms with Gasteiger partial charge in [-0.2, -0.15) is 13.2 Å². The SMILES string of the molecule is COCCOc1cnc(C(=O)Cc2ccc(F)c([C@]3(C)CO[C@@](C)(C(F)(F)F)C(N)=N3)c2)cn1.Cl. The van der Waals surface area contributed by atoms with E-state index in [0.717, 1.165) is 13.0 Å². The van der Waals surface area contributed by atoms with Gasteiger partial charge >= 0.3 is 6.18 Å². The molecular weight excluding hydrogens is 496 g/mol. The van der Waals surface area contributed by atoms with Gasteiger partial charge in [0.2, 0.25) is 11.5 Å². The number of Topliss-reactive ketones (excluding diaryl/α,β-unsaturated/α-hetero) is 1. The monoisotopic (exact) mass is 520 g/mol. The Balaban J connectivity index is 0.00000432. The number of amidine groups is 1. The summed E-state index contributed by atoms with van der Waals surface area (Å²) in [7, 11) is 1.53. The first-order chi connectivity index (χ1) is 15.9. The number of aliphatic imine (C=N–C) groups is 1. The van der Waals surface area contributed by atoms with Crippen molar-refractivity contribution in [2.24, 2.45) is 10.7 Å². The van der Waals surface area contributed by atoms with E-state index in [9.17, 15) is 22.4 Å². The van der Waals surface area contributed by atoms with Crippen molar-refractivity contribution in [3.05, 3.63) is 53.2 Å². The number of nitrogens with two attached hydrogens (primary N) is 1. The van der Waals surface area contributed by atoms with Gasteiger partial charge in [0, 0.05) is 19.1 Å². The number of ketones is 1. The molecule has 0 saturated carbocycles. The van der Waals surface area contributed by atoms with Crippen LogP contribution in [-0.4, -0.2) is 60.3 Å². The van der Waals surface area contributed by atoms with Crippen LogP contribution in [0.25, 0.3) is 0 Å². The number of aromatic nitrogens is 2. The summed E-state index contributed by atoms with van der Waals surface area (Å²) in [5, 5.41) is 0. The zero-order valence-electron chi connectivity index (χ0n) is 19.2. The summed E-state index contributed by atoms with van der Waals surface area (Å²) in [6, 6.07) is 3.87. The van der Waals surface area contributed by atoms with E-state index in [0.29, 0.717) is 12.2 Å². The lowest BCUT2D eigenvalue weighted by atomic mass is 9.88. The fraction of sp³-hybridized carbons (Fsp3) is 0.455. The Bertz CT molecular complexity index is 1080. The second-order valence-electron chi connectivity index (χ2n) is 8.09. The second kappa shape index (κ2) is 10.8. The number of carbonyl (C=O) groups is 1. The van der Waals surface area contributed by atoms with Gasteiger partial charge in [0.05, 0.1) is 25.6 Å². The average Bonchev–Trinajstić information content (AvgIpc) is 2.77. The maximum Gasteiger partial charge on any atom is 0.424 e. The first kappa shape index (κ1) is 28.4. The molecule has 1 aromatic carbocycles. The predicted octanol–water partition coefficient (Wildman–Crippen LogP) is 3.41. The standard InChI is InChI=1S/C22H24F4N4O4.ClH/c1-20(12-34-21(2,19(27)30-20)22(24,25)26)14-8-13(4-5-15(14)23)9-17(31)16-10-29-18(11-28-16)33-7-6-32-3;/h4-5,8,10-11H,6-7,9,12H2,1-3H3,(H2,27,30);1H/t20-,21+;/m0./s1. The number of alkyl halides is 3. The molecule has 0 amide bonds. The number of hydrogen-bond donors (Lipinski definition) is 1. The van der Waals surface area contributed by atoms with Gasteiger partial charge in [-0.1, -0.05) is 6.07 Å². The minimum atomic E-state index is -4.79. The molecule has 35 heavy (non-hydrogen) atoms. The van der Waals surface area contributed by atoms with Crippen LogP contribution in [0.4, 0.5) is 17.6 Å². The van der Waals surface area contributed by atoms with Crippen molar-refractivity contribution in [2.75, 3.05) is 26.9 Å². The molecule has 0 fully saturated rings. The van der Waals surface area contributed by atoms with Gasteiger partial charge in [-0.25, -0.2) is 14.4 Å². The second-order valence-corrected chi connectivity index (χ2v) is 8.09. The first-order valence-corrected chi connectivity index (χ1v) is 10.2. The minimum absolute atomic E-state index is 0. The summed E-state index contributed by atoms with van der Waals surface area (Å²) >= 11 is 0. The average molecular weight is 521 g/mol. The molecule has 2 atom stereocenters.